The number of sulfonamides is 2. The smallest absolute Gasteiger partial charge is 0.264 e. The van der Waals surface area contributed by atoms with Gasteiger partial charge in [-0.05, 0) is 68.3 Å². The van der Waals surface area contributed by atoms with E-state index in [9.17, 15) is 21.6 Å². The molecule has 1 amide bonds. The van der Waals surface area contributed by atoms with Crippen molar-refractivity contribution in [2.24, 2.45) is 0 Å². The zero-order valence-electron chi connectivity index (χ0n) is 22.4. The number of hydrogen-bond donors (Lipinski definition) is 1. The van der Waals surface area contributed by atoms with Gasteiger partial charge in [0.2, 0.25) is 15.9 Å². The van der Waals surface area contributed by atoms with Crippen molar-refractivity contribution in [3.8, 4) is 5.75 Å². The fourth-order valence-corrected chi connectivity index (χ4v) is 7.73. The fraction of sp³-hybridized carbons (Fsp3) is 0.321. The van der Waals surface area contributed by atoms with Crippen LogP contribution in [-0.4, -0.2) is 59.8 Å². The normalized spacial score (nSPS) is 14.4. The van der Waals surface area contributed by atoms with E-state index >= 15 is 0 Å². The maximum atomic E-state index is 13.5. The van der Waals surface area contributed by atoms with Gasteiger partial charge in [0.1, 0.15) is 18.9 Å². The van der Waals surface area contributed by atoms with Crippen molar-refractivity contribution in [2.75, 3.05) is 37.1 Å². The van der Waals surface area contributed by atoms with Crippen LogP contribution < -0.4 is 14.4 Å². The molecule has 3 aromatic carbocycles. The summed E-state index contributed by atoms with van der Waals surface area (Å²) in [5.41, 5.74) is 0.957. The van der Waals surface area contributed by atoms with Gasteiger partial charge in [0.25, 0.3) is 10.0 Å². The van der Waals surface area contributed by atoms with Gasteiger partial charge in [0, 0.05) is 13.1 Å². The van der Waals surface area contributed by atoms with Crippen LogP contribution in [0, 0.1) is 6.92 Å². The summed E-state index contributed by atoms with van der Waals surface area (Å²) in [5, 5.41) is 2.81. The highest BCUT2D eigenvalue weighted by Gasteiger charge is 2.29. The summed E-state index contributed by atoms with van der Waals surface area (Å²) in [6, 6.07) is 16.9. The Morgan fingerprint density at radius 3 is 2.20 bits per heavy atom. The van der Waals surface area contributed by atoms with Gasteiger partial charge >= 0.3 is 0 Å². The number of carbonyl (C=O) groups is 1. The van der Waals surface area contributed by atoms with Crippen molar-refractivity contribution < 1.29 is 26.4 Å². The summed E-state index contributed by atoms with van der Waals surface area (Å²) in [5.74, 6) is -0.144. The van der Waals surface area contributed by atoms with Crippen LogP contribution in [0.4, 0.5) is 5.69 Å². The Labute approximate surface area is 251 Å². The molecule has 1 aliphatic heterocycles. The molecule has 41 heavy (non-hydrogen) atoms. The lowest BCUT2D eigenvalue weighted by Gasteiger charge is -2.26. The Morgan fingerprint density at radius 2 is 1.54 bits per heavy atom. The van der Waals surface area contributed by atoms with Crippen LogP contribution in [-0.2, 0) is 24.8 Å². The fourth-order valence-electron chi connectivity index (χ4n) is 4.33. The highest BCUT2D eigenvalue weighted by Crippen LogP contribution is 2.35. The van der Waals surface area contributed by atoms with E-state index < -0.39 is 32.5 Å². The van der Waals surface area contributed by atoms with Crippen LogP contribution in [0.3, 0.4) is 0 Å². The van der Waals surface area contributed by atoms with E-state index in [0.29, 0.717) is 18.8 Å². The molecule has 1 heterocycles. The molecule has 0 spiro atoms. The molecule has 1 aliphatic rings. The van der Waals surface area contributed by atoms with E-state index in [1.165, 1.54) is 40.7 Å². The molecule has 0 saturated carbocycles. The number of piperidine rings is 1. The molecule has 1 N–H and O–H groups in total. The molecule has 0 aromatic heterocycles. The molecular formula is C28H31Cl2N3O6S2. The van der Waals surface area contributed by atoms with E-state index in [0.717, 1.165) is 29.1 Å². The van der Waals surface area contributed by atoms with Crippen LogP contribution in [0.5, 0.6) is 5.75 Å². The third-order valence-electron chi connectivity index (χ3n) is 6.57. The van der Waals surface area contributed by atoms with Crippen LogP contribution in [0.1, 0.15) is 24.8 Å². The summed E-state index contributed by atoms with van der Waals surface area (Å²) >= 11 is 12.5. The number of ether oxygens (including phenoxy) is 1. The lowest BCUT2D eigenvalue weighted by Crippen LogP contribution is -2.42. The third kappa shape index (κ3) is 7.52. The van der Waals surface area contributed by atoms with Crippen LogP contribution >= 0.6 is 23.2 Å². The minimum atomic E-state index is -4.16. The Balaban J connectivity index is 1.38. The maximum Gasteiger partial charge on any atom is 0.264 e. The molecular weight excluding hydrogens is 609 g/mol. The summed E-state index contributed by atoms with van der Waals surface area (Å²) in [7, 11) is -7.70. The number of nitrogens with zero attached hydrogens (tertiary/aromatic N) is 2. The molecule has 3 aromatic rings. The predicted molar refractivity (Wildman–Crippen MR) is 160 cm³/mol. The average Bonchev–Trinajstić information content (AvgIpc) is 2.96. The molecule has 4 rings (SSSR count). The summed E-state index contributed by atoms with van der Waals surface area (Å²) in [6.45, 7) is 2.49. The lowest BCUT2D eigenvalue weighted by molar-refractivity contribution is -0.119. The van der Waals surface area contributed by atoms with Crippen LogP contribution in [0.25, 0.3) is 0 Å². The molecule has 1 saturated heterocycles. The van der Waals surface area contributed by atoms with Gasteiger partial charge < -0.3 is 10.1 Å². The van der Waals surface area contributed by atoms with Gasteiger partial charge in [0.15, 0.2) is 0 Å². The Kier molecular flexibility index (Phi) is 10.2. The minimum absolute atomic E-state index is 0.000948. The highest BCUT2D eigenvalue weighted by atomic mass is 35.5. The van der Waals surface area contributed by atoms with Crippen molar-refractivity contribution in [3.63, 3.8) is 0 Å². The van der Waals surface area contributed by atoms with Gasteiger partial charge in [-0.2, -0.15) is 4.31 Å². The van der Waals surface area contributed by atoms with Gasteiger partial charge in [0.05, 0.1) is 32.1 Å². The Morgan fingerprint density at radius 1 is 0.902 bits per heavy atom. The van der Waals surface area contributed by atoms with Gasteiger partial charge in [-0.25, -0.2) is 16.8 Å². The number of hydrogen-bond acceptors (Lipinski definition) is 6. The van der Waals surface area contributed by atoms with Gasteiger partial charge in [-0.3, -0.25) is 9.10 Å². The van der Waals surface area contributed by atoms with E-state index in [1.807, 2.05) is 6.92 Å². The first-order valence-corrected chi connectivity index (χ1v) is 16.7. The first-order valence-electron chi connectivity index (χ1n) is 13.0. The van der Waals surface area contributed by atoms with E-state index in [2.05, 4.69) is 5.32 Å². The first-order chi connectivity index (χ1) is 19.5. The van der Waals surface area contributed by atoms with Gasteiger partial charge in [-0.15, -0.1) is 0 Å². The second-order valence-electron chi connectivity index (χ2n) is 9.53. The Hall–Kier alpha value is -2.83. The second kappa shape index (κ2) is 13.4. The SMILES string of the molecule is Cc1ccc(S(=O)(=O)N(CC(=O)NCCOc2ccc(S(=O)(=O)N3CCCCC3)cc2)c2cccc(Cl)c2Cl)cc1. The molecule has 0 aliphatic carbocycles. The van der Waals surface area contributed by atoms with Crippen molar-refractivity contribution >= 4 is 54.8 Å². The topological polar surface area (TPSA) is 113 Å². The zero-order valence-corrected chi connectivity index (χ0v) is 25.6. The monoisotopic (exact) mass is 639 g/mol. The summed E-state index contributed by atoms with van der Waals surface area (Å²) in [4.78, 5) is 13.1. The van der Waals surface area contributed by atoms with E-state index in [-0.39, 0.29) is 38.7 Å². The number of anilines is 1. The number of halogens is 2. The number of aryl methyl sites for hydroxylation is 1. The number of amides is 1. The molecule has 0 atom stereocenters. The number of nitrogens with one attached hydrogen (secondary N) is 1. The molecule has 9 nitrogen and oxygen atoms in total. The zero-order chi connectivity index (χ0) is 29.6. The largest absolute Gasteiger partial charge is 0.492 e. The van der Waals surface area contributed by atoms with E-state index in [1.54, 1.807) is 30.3 Å². The lowest BCUT2D eigenvalue weighted by atomic mass is 10.2. The van der Waals surface area contributed by atoms with Crippen molar-refractivity contribution in [3.05, 3.63) is 82.3 Å². The van der Waals surface area contributed by atoms with Crippen molar-refractivity contribution in [2.45, 2.75) is 36.0 Å². The first kappa shape index (κ1) is 31.1. The minimum Gasteiger partial charge on any atom is -0.492 e. The summed E-state index contributed by atoms with van der Waals surface area (Å²) in [6.07, 6.45) is 2.74. The molecule has 0 unspecified atom stereocenters. The summed E-state index contributed by atoms with van der Waals surface area (Å²) < 4.78 is 60.8. The maximum absolute atomic E-state index is 13.5. The van der Waals surface area contributed by atoms with Crippen LogP contribution in [0.15, 0.2) is 76.5 Å². The predicted octanol–water partition coefficient (Wildman–Crippen LogP) is 4.87. The number of carbonyl (C=O) groups excluding carboxylic acids is 1. The number of rotatable bonds is 11. The standard InChI is InChI=1S/C28H31Cl2N3O6S2/c1-21-8-12-24(13-9-21)41(37,38)33(26-7-5-6-25(29)28(26)30)20-27(34)31-16-19-39-22-10-14-23(15-11-22)40(35,36)32-17-3-2-4-18-32/h5-15H,2-4,16-20H2,1H3,(H,31,34). The van der Waals surface area contributed by atoms with Gasteiger partial charge in [-0.1, -0.05) is 53.4 Å². The van der Waals surface area contributed by atoms with Crippen molar-refractivity contribution in [1.29, 1.82) is 0 Å². The quantitative estimate of drug-likeness (QED) is 0.300. The van der Waals surface area contributed by atoms with E-state index in [4.69, 9.17) is 27.9 Å². The highest BCUT2D eigenvalue weighted by molar-refractivity contribution is 7.93. The second-order valence-corrected chi connectivity index (χ2v) is 14.1. The third-order valence-corrected chi connectivity index (χ3v) is 11.1. The van der Waals surface area contributed by atoms with Crippen molar-refractivity contribution in [1.82, 2.24) is 9.62 Å². The molecule has 220 valence electrons. The molecule has 1 fully saturated rings. The number of benzene rings is 3. The molecule has 0 radical (unpaired) electrons. The average molecular weight is 641 g/mol. The van der Waals surface area contributed by atoms with Crippen LogP contribution in [0.2, 0.25) is 10.0 Å². The Bertz CT molecular complexity index is 1580. The molecule has 13 heteroatoms. The molecule has 0 bridgehead atoms.